The number of hydrogen-bond donors (Lipinski definition) is 0. The molecule has 83 heavy (non-hydrogen) atoms. The van der Waals surface area contributed by atoms with Gasteiger partial charge in [-0.2, -0.15) is 52.7 Å². The van der Waals surface area contributed by atoms with E-state index >= 15 is 0 Å². The van der Waals surface area contributed by atoms with Gasteiger partial charge in [0.2, 0.25) is 0 Å². The van der Waals surface area contributed by atoms with Crippen LogP contribution in [0.5, 0.6) is 0 Å². The van der Waals surface area contributed by atoms with Gasteiger partial charge >= 0.3 is 24.7 Å². The van der Waals surface area contributed by atoms with E-state index in [-0.39, 0.29) is 62.5 Å². The highest BCUT2D eigenvalue weighted by Crippen LogP contribution is 2.45. The predicted octanol–water partition coefficient (Wildman–Crippen LogP) is 19.2. The van der Waals surface area contributed by atoms with Crippen LogP contribution in [0.15, 0.2) is 218 Å². The first-order valence-electron chi connectivity index (χ1n) is 25.3. The van der Waals surface area contributed by atoms with E-state index < -0.39 is 58.1 Å². The van der Waals surface area contributed by atoms with Crippen LogP contribution in [0.1, 0.15) is 22.3 Å². The molecule has 0 unspecified atom stereocenters. The Labute approximate surface area is 463 Å². The molecular formula is C65H36F12N6. The average molecular weight is 1130 g/mol. The first-order chi connectivity index (χ1) is 39.6. The Kier molecular flexibility index (Phi) is 13.3. The normalized spacial score (nSPS) is 12.3. The van der Waals surface area contributed by atoms with Gasteiger partial charge in [0, 0.05) is 44.2 Å². The fourth-order valence-electron chi connectivity index (χ4n) is 9.95. The summed E-state index contributed by atoms with van der Waals surface area (Å²) >= 11 is 0. The highest BCUT2D eigenvalue weighted by atomic mass is 19.4. The molecule has 410 valence electrons. The van der Waals surface area contributed by atoms with E-state index in [1.54, 1.807) is 22.8 Å². The third kappa shape index (κ3) is 10.8. The molecule has 9 aromatic carbocycles. The van der Waals surface area contributed by atoms with E-state index in [0.717, 1.165) is 5.56 Å². The molecule has 0 aliphatic rings. The highest BCUT2D eigenvalue weighted by Gasteiger charge is 2.39. The van der Waals surface area contributed by atoms with Crippen molar-refractivity contribution in [3.63, 3.8) is 0 Å². The summed E-state index contributed by atoms with van der Waals surface area (Å²) in [6.07, 6.45) is -20.8. The van der Waals surface area contributed by atoms with Gasteiger partial charge in [0.1, 0.15) is 0 Å². The summed E-state index contributed by atoms with van der Waals surface area (Å²) in [5.41, 5.74) is -2.07. The lowest BCUT2D eigenvalue weighted by molar-refractivity contribution is -0.144. The van der Waals surface area contributed by atoms with E-state index in [0.29, 0.717) is 75.0 Å². The van der Waals surface area contributed by atoms with Crippen LogP contribution in [-0.4, -0.2) is 29.5 Å². The van der Waals surface area contributed by atoms with E-state index in [4.69, 9.17) is 24.9 Å². The van der Waals surface area contributed by atoms with Crippen LogP contribution in [0, 0.1) is 0 Å². The van der Waals surface area contributed by atoms with Crippen molar-refractivity contribution >= 4 is 21.8 Å². The summed E-state index contributed by atoms with van der Waals surface area (Å²) in [6, 6.07) is 54.5. The summed E-state index contributed by atoms with van der Waals surface area (Å²) in [5, 5.41) is 0.287. The summed E-state index contributed by atoms with van der Waals surface area (Å²) in [5.74, 6) is 1.04. The summed E-state index contributed by atoms with van der Waals surface area (Å²) in [4.78, 5) is 25.1. The molecule has 0 amide bonds. The van der Waals surface area contributed by atoms with Gasteiger partial charge in [-0.3, -0.25) is 0 Å². The number of alkyl halides is 12. The molecule has 0 fully saturated rings. The molecule has 0 saturated heterocycles. The molecule has 0 atom stereocenters. The average Bonchev–Trinajstić information content (AvgIpc) is 2.24. The van der Waals surface area contributed by atoms with Crippen molar-refractivity contribution in [2.24, 2.45) is 0 Å². The molecule has 12 rings (SSSR count). The smallest absolute Gasteiger partial charge is 0.308 e. The maximum Gasteiger partial charge on any atom is 0.416 e. The van der Waals surface area contributed by atoms with Crippen LogP contribution in [-0.2, 0) is 24.7 Å². The van der Waals surface area contributed by atoms with Crippen molar-refractivity contribution in [3.8, 4) is 96.0 Å². The standard InChI is InChI=1S/C65H36F12N6/c66-62(67,68)46-27-44(28-47(34-46)63(69,70)71)41-21-24-55-50(31-41)51-32-42(45-29-48(64(72,73)74)35-49(30-45)65(75,76)77)22-25-56(51)83(55)57-26-23-43(54-36-53(37-13-5-1-6-14-37)78-58(79-54)38-15-7-2-8-16-38)33-52(57)61-81-59(39-17-9-3-10-18-39)80-60(82-61)40-19-11-4-12-20-40/h1-36H. The zero-order valence-electron chi connectivity index (χ0n) is 42.5. The number of halogens is 12. The molecule has 6 nitrogen and oxygen atoms in total. The highest BCUT2D eigenvalue weighted by molar-refractivity contribution is 6.12. The van der Waals surface area contributed by atoms with Gasteiger partial charge in [0.25, 0.3) is 0 Å². The van der Waals surface area contributed by atoms with Crippen molar-refractivity contribution in [1.82, 2.24) is 29.5 Å². The third-order valence-electron chi connectivity index (χ3n) is 13.9. The second kappa shape index (κ2) is 20.5. The minimum atomic E-state index is -5.21. The number of hydrogen-bond acceptors (Lipinski definition) is 5. The van der Waals surface area contributed by atoms with Crippen LogP contribution < -0.4 is 0 Å². The fraction of sp³-hybridized carbons (Fsp3) is 0.0615. The molecule has 12 aromatic rings. The molecule has 0 radical (unpaired) electrons. The number of nitrogens with zero attached hydrogens (tertiary/aromatic N) is 6. The molecule has 0 N–H and O–H groups in total. The summed E-state index contributed by atoms with van der Waals surface area (Å²) in [6.45, 7) is 0. The number of aromatic nitrogens is 6. The molecule has 0 bridgehead atoms. The number of benzene rings is 9. The van der Waals surface area contributed by atoms with Crippen molar-refractivity contribution in [2.45, 2.75) is 24.7 Å². The Hall–Kier alpha value is -9.97. The zero-order chi connectivity index (χ0) is 58.0. The Morgan fingerprint density at radius 1 is 0.253 bits per heavy atom. The Bertz CT molecular complexity index is 4110. The molecule has 0 aliphatic carbocycles. The molecule has 3 heterocycles. The molecule has 0 aliphatic heterocycles. The van der Waals surface area contributed by atoms with Crippen LogP contribution >= 0.6 is 0 Å². The zero-order valence-corrected chi connectivity index (χ0v) is 42.5. The van der Waals surface area contributed by atoms with Gasteiger partial charge in [-0.25, -0.2) is 24.9 Å². The monoisotopic (exact) mass is 1130 g/mol. The first-order valence-corrected chi connectivity index (χ1v) is 25.3. The van der Waals surface area contributed by atoms with Gasteiger partial charge in [-0.1, -0.05) is 140 Å². The SMILES string of the molecule is FC(F)(F)c1cc(-c2ccc3c(c2)c2cc(-c4cc(C(F)(F)F)cc(C(F)(F)F)c4)ccc2n3-c2ccc(-c3cc(-c4ccccc4)nc(-c4ccccc4)n3)cc2-c2nc(-c3ccccc3)nc(-c3ccccc3)n2)cc(C(F)(F)F)c1. The number of rotatable bonds is 9. The summed E-state index contributed by atoms with van der Waals surface area (Å²) in [7, 11) is 0. The van der Waals surface area contributed by atoms with Gasteiger partial charge in [-0.15, -0.1) is 0 Å². The lowest BCUT2D eigenvalue weighted by Gasteiger charge is -2.17. The predicted molar refractivity (Wildman–Crippen MR) is 293 cm³/mol. The van der Waals surface area contributed by atoms with Crippen molar-refractivity contribution in [3.05, 3.63) is 241 Å². The maximum absolute atomic E-state index is 14.3. The van der Waals surface area contributed by atoms with Crippen molar-refractivity contribution < 1.29 is 52.7 Å². The quantitative estimate of drug-likeness (QED) is 0.135. The third-order valence-corrected chi connectivity index (χ3v) is 13.9. The van der Waals surface area contributed by atoms with E-state index in [2.05, 4.69) is 0 Å². The van der Waals surface area contributed by atoms with Crippen LogP contribution in [0.3, 0.4) is 0 Å². The molecule has 3 aromatic heterocycles. The molecule has 0 spiro atoms. The lowest BCUT2D eigenvalue weighted by atomic mass is 9.96. The second-order valence-corrected chi connectivity index (χ2v) is 19.4. The first kappa shape index (κ1) is 53.7. The minimum absolute atomic E-state index is 0.00431. The fourth-order valence-corrected chi connectivity index (χ4v) is 9.95. The van der Waals surface area contributed by atoms with Crippen LogP contribution in [0.25, 0.3) is 118 Å². The van der Waals surface area contributed by atoms with Crippen molar-refractivity contribution in [2.75, 3.05) is 0 Å². The number of fused-ring (bicyclic) bond motifs is 3. The second-order valence-electron chi connectivity index (χ2n) is 19.4. The summed E-state index contributed by atoms with van der Waals surface area (Å²) < 4.78 is 174. The largest absolute Gasteiger partial charge is 0.416 e. The van der Waals surface area contributed by atoms with E-state index in [1.165, 1.54) is 36.4 Å². The van der Waals surface area contributed by atoms with Gasteiger partial charge in [-0.05, 0) is 101 Å². The lowest BCUT2D eigenvalue weighted by Crippen LogP contribution is -2.11. The van der Waals surface area contributed by atoms with Gasteiger partial charge < -0.3 is 4.57 Å². The van der Waals surface area contributed by atoms with Gasteiger partial charge in [0.05, 0.1) is 50.4 Å². The Morgan fingerprint density at radius 2 is 0.590 bits per heavy atom. The van der Waals surface area contributed by atoms with Gasteiger partial charge in [0.15, 0.2) is 23.3 Å². The van der Waals surface area contributed by atoms with E-state index in [1.807, 2.05) is 127 Å². The molecule has 0 saturated carbocycles. The van der Waals surface area contributed by atoms with Crippen molar-refractivity contribution in [1.29, 1.82) is 0 Å². The van der Waals surface area contributed by atoms with Crippen LogP contribution in [0.4, 0.5) is 52.7 Å². The Balaban J connectivity index is 1.17. The minimum Gasteiger partial charge on any atom is -0.308 e. The van der Waals surface area contributed by atoms with E-state index in [9.17, 15) is 52.7 Å². The molecular weight excluding hydrogens is 1090 g/mol. The molecule has 18 heteroatoms. The van der Waals surface area contributed by atoms with Crippen LogP contribution in [0.2, 0.25) is 0 Å². The topological polar surface area (TPSA) is 69.4 Å². The maximum atomic E-state index is 14.3. The Morgan fingerprint density at radius 3 is 0.976 bits per heavy atom.